The predicted octanol–water partition coefficient (Wildman–Crippen LogP) is 2.62. The zero-order valence-electron chi connectivity index (χ0n) is 14.9. The number of hydrogen-bond acceptors (Lipinski definition) is 3. The molecule has 3 N–H and O–H groups in total. The van der Waals surface area contributed by atoms with Crippen molar-refractivity contribution >= 4 is 24.2 Å². The number of nitrogens with zero attached hydrogens (tertiary/aromatic N) is 1. The SMILES string of the molecule is Cl.NCC1(CC(=O)NCC2CCN(C(=O)C(F)(F)F)CC2)CCCCC1. The van der Waals surface area contributed by atoms with Gasteiger partial charge in [-0.25, -0.2) is 0 Å². The highest BCUT2D eigenvalue weighted by atomic mass is 35.5. The number of nitrogens with two attached hydrogens (primary N) is 1. The van der Waals surface area contributed by atoms with Crippen LogP contribution in [0.25, 0.3) is 0 Å². The number of alkyl halides is 3. The van der Waals surface area contributed by atoms with E-state index < -0.39 is 12.1 Å². The first-order chi connectivity index (χ1) is 11.8. The summed E-state index contributed by atoms with van der Waals surface area (Å²) in [5.74, 6) is -1.68. The zero-order valence-corrected chi connectivity index (χ0v) is 15.8. The number of nitrogens with one attached hydrogen (secondary N) is 1. The molecule has 0 unspecified atom stereocenters. The molecule has 1 aliphatic carbocycles. The summed E-state index contributed by atoms with van der Waals surface area (Å²) in [6.45, 7) is 1.14. The van der Waals surface area contributed by atoms with Gasteiger partial charge in [0.15, 0.2) is 0 Å². The number of carbonyl (C=O) groups excluding carboxylic acids is 2. The van der Waals surface area contributed by atoms with Crippen LogP contribution in [-0.4, -0.2) is 49.1 Å². The lowest BCUT2D eigenvalue weighted by atomic mass is 9.71. The maximum absolute atomic E-state index is 12.4. The van der Waals surface area contributed by atoms with E-state index in [1.807, 2.05) is 0 Å². The van der Waals surface area contributed by atoms with Crippen LogP contribution in [0.5, 0.6) is 0 Å². The third kappa shape index (κ3) is 6.30. The molecular weight excluding hydrogens is 371 g/mol. The van der Waals surface area contributed by atoms with Crippen molar-refractivity contribution in [3.63, 3.8) is 0 Å². The fourth-order valence-corrected chi connectivity index (χ4v) is 3.94. The van der Waals surface area contributed by atoms with E-state index in [-0.39, 0.29) is 42.7 Å². The molecule has 26 heavy (non-hydrogen) atoms. The molecule has 1 saturated heterocycles. The summed E-state index contributed by atoms with van der Waals surface area (Å²) in [5, 5.41) is 2.91. The van der Waals surface area contributed by atoms with E-state index in [1.165, 1.54) is 6.42 Å². The van der Waals surface area contributed by atoms with Gasteiger partial charge in [-0.2, -0.15) is 13.2 Å². The van der Waals surface area contributed by atoms with Gasteiger partial charge in [0, 0.05) is 26.1 Å². The lowest BCUT2D eigenvalue weighted by molar-refractivity contribution is -0.186. The van der Waals surface area contributed by atoms with Crippen molar-refractivity contribution in [2.24, 2.45) is 17.1 Å². The Bertz CT molecular complexity index is 474. The number of amides is 2. The van der Waals surface area contributed by atoms with Gasteiger partial charge in [-0.3, -0.25) is 9.59 Å². The quantitative estimate of drug-likeness (QED) is 0.746. The maximum atomic E-state index is 12.4. The summed E-state index contributed by atoms with van der Waals surface area (Å²) in [7, 11) is 0. The summed E-state index contributed by atoms with van der Waals surface area (Å²) in [6, 6.07) is 0. The molecule has 0 bridgehead atoms. The van der Waals surface area contributed by atoms with Crippen LogP contribution in [0.1, 0.15) is 51.4 Å². The van der Waals surface area contributed by atoms with Crippen molar-refractivity contribution < 1.29 is 22.8 Å². The van der Waals surface area contributed by atoms with Crippen molar-refractivity contribution in [1.82, 2.24) is 10.2 Å². The van der Waals surface area contributed by atoms with Gasteiger partial charge in [-0.1, -0.05) is 19.3 Å². The van der Waals surface area contributed by atoms with Crippen LogP contribution in [0, 0.1) is 11.3 Å². The average Bonchev–Trinajstić information content (AvgIpc) is 2.60. The number of hydrogen-bond donors (Lipinski definition) is 2. The van der Waals surface area contributed by atoms with Gasteiger partial charge in [-0.05, 0) is 43.6 Å². The van der Waals surface area contributed by atoms with Gasteiger partial charge in [0.25, 0.3) is 0 Å². The molecule has 2 fully saturated rings. The molecule has 1 saturated carbocycles. The lowest BCUT2D eigenvalue weighted by Crippen LogP contribution is -2.47. The van der Waals surface area contributed by atoms with Crippen molar-refractivity contribution in [2.45, 2.75) is 57.5 Å². The fourth-order valence-electron chi connectivity index (χ4n) is 3.94. The Morgan fingerprint density at radius 3 is 2.19 bits per heavy atom. The van der Waals surface area contributed by atoms with Crippen molar-refractivity contribution in [2.75, 3.05) is 26.2 Å². The molecule has 0 radical (unpaired) electrons. The minimum Gasteiger partial charge on any atom is -0.356 e. The molecule has 2 amide bonds. The van der Waals surface area contributed by atoms with E-state index in [0.29, 0.717) is 32.4 Å². The average molecular weight is 400 g/mol. The molecule has 5 nitrogen and oxygen atoms in total. The summed E-state index contributed by atoms with van der Waals surface area (Å²) in [4.78, 5) is 24.3. The molecule has 0 aromatic rings. The zero-order chi connectivity index (χ0) is 18.5. The van der Waals surface area contributed by atoms with E-state index in [9.17, 15) is 22.8 Å². The Hall–Kier alpha value is -1.02. The summed E-state index contributed by atoms with van der Waals surface area (Å²) in [6.07, 6.45) is 1.94. The topological polar surface area (TPSA) is 75.4 Å². The van der Waals surface area contributed by atoms with Gasteiger partial charge in [-0.15, -0.1) is 12.4 Å². The van der Waals surface area contributed by atoms with Gasteiger partial charge < -0.3 is 16.0 Å². The molecule has 152 valence electrons. The molecule has 2 aliphatic rings. The maximum Gasteiger partial charge on any atom is 0.471 e. The van der Waals surface area contributed by atoms with Crippen LogP contribution in [-0.2, 0) is 9.59 Å². The molecule has 0 aromatic heterocycles. The molecule has 1 heterocycles. The third-order valence-corrected chi connectivity index (χ3v) is 5.61. The van der Waals surface area contributed by atoms with Crippen LogP contribution >= 0.6 is 12.4 Å². The second-order valence-corrected chi connectivity index (χ2v) is 7.48. The highest BCUT2D eigenvalue weighted by Crippen LogP contribution is 2.38. The van der Waals surface area contributed by atoms with Crippen LogP contribution < -0.4 is 11.1 Å². The highest BCUT2D eigenvalue weighted by molar-refractivity contribution is 5.85. The summed E-state index contributed by atoms with van der Waals surface area (Å²) in [5.41, 5.74) is 5.80. The molecule has 0 atom stereocenters. The Morgan fingerprint density at radius 2 is 1.69 bits per heavy atom. The largest absolute Gasteiger partial charge is 0.471 e. The van der Waals surface area contributed by atoms with Gasteiger partial charge >= 0.3 is 12.1 Å². The Morgan fingerprint density at radius 1 is 1.12 bits per heavy atom. The van der Waals surface area contributed by atoms with Gasteiger partial charge in [0.2, 0.25) is 5.91 Å². The third-order valence-electron chi connectivity index (χ3n) is 5.61. The summed E-state index contributed by atoms with van der Waals surface area (Å²) >= 11 is 0. The number of rotatable bonds is 5. The van der Waals surface area contributed by atoms with Crippen LogP contribution in [0.3, 0.4) is 0 Å². The molecule has 0 spiro atoms. The Labute approximate surface area is 158 Å². The normalized spacial score (nSPS) is 21.0. The van der Waals surface area contributed by atoms with Crippen LogP contribution in [0.15, 0.2) is 0 Å². The standard InChI is InChI=1S/C17H28F3N3O2.ClH/c18-17(19,20)15(25)23-8-4-13(5-9-23)11-22-14(24)10-16(12-21)6-2-1-3-7-16;/h13H,1-12,21H2,(H,22,24);1H. The first-order valence-corrected chi connectivity index (χ1v) is 9.09. The Balaban J connectivity index is 0.00000338. The van der Waals surface area contributed by atoms with Crippen molar-refractivity contribution in [1.29, 1.82) is 0 Å². The minimum atomic E-state index is -4.81. The van der Waals surface area contributed by atoms with E-state index in [4.69, 9.17) is 5.73 Å². The molecule has 1 aliphatic heterocycles. The van der Waals surface area contributed by atoms with E-state index in [0.717, 1.165) is 30.6 Å². The van der Waals surface area contributed by atoms with Gasteiger partial charge in [0.1, 0.15) is 0 Å². The number of halogens is 4. The van der Waals surface area contributed by atoms with Crippen molar-refractivity contribution in [3.05, 3.63) is 0 Å². The second kappa shape index (κ2) is 9.78. The van der Waals surface area contributed by atoms with E-state index >= 15 is 0 Å². The molecular formula is C17H29ClF3N3O2. The minimum absolute atomic E-state index is 0. The van der Waals surface area contributed by atoms with Crippen LogP contribution in [0.4, 0.5) is 13.2 Å². The van der Waals surface area contributed by atoms with Crippen LogP contribution in [0.2, 0.25) is 0 Å². The van der Waals surface area contributed by atoms with E-state index in [2.05, 4.69) is 5.32 Å². The highest BCUT2D eigenvalue weighted by Gasteiger charge is 2.43. The first kappa shape index (κ1) is 23.0. The fraction of sp³-hybridized carbons (Fsp3) is 0.882. The number of likely N-dealkylation sites (tertiary alicyclic amines) is 1. The number of carbonyl (C=O) groups is 2. The first-order valence-electron chi connectivity index (χ1n) is 9.09. The second-order valence-electron chi connectivity index (χ2n) is 7.48. The van der Waals surface area contributed by atoms with E-state index in [1.54, 1.807) is 0 Å². The predicted molar refractivity (Wildman–Crippen MR) is 94.8 cm³/mol. The monoisotopic (exact) mass is 399 g/mol. The smallest absolute Gasteiger partial charge is 0.356 e. The lowest BCUT2D eigenvalue weighted by Gasteiger charge is -2.36. The molecule has 2 rings (SSSR count). The Kier molecular flexibility index (Phi) is 8.66. The summed E-state index contributed by atoms with van der Waals surface area (Å²) < 4.78 is 37.3. The van der Waals surface area contributed by atoms with Crippen molar-refractivity contribution in [3.8, 4) is 0 Å². The molecule has 0 aromatic carbocycles. The molecule has 9 heteroatoms. The number of piperidine rings is 1. The van der Waals surface area contributed by atoms with Gasteiger partial charge in [0.05, 0.1) is 0 Å².